The Morgan fingerprint density at radius 1 is 1.16 bits per heavy atom. The van der Waals surface area contributed by atoms with Crippen molar-refractivity contribution in [1.82, 2.24) is 10.2 Å². The maximum atomic E-state index is 5.96. The van der Waals surface area contributed by atoms with E-state index in [1.807, 2.05) is 25.1 Å². The van der Waals surface area contributed by atoms with Crippen molar-refractivity contribution < 1.29 is 9.47 Å². The fraction of sp³-hybridized carbons (Fsp3) is 0.385. The molecule has 1 atom stereocenters. The van der Waals surface area contributed by atoms with E-state index in [0.717, 1.165) is 33.5 Å². The van der Waals surface area contributed by atoms with Gasteiger partial charge in [-0.3, -0.25) is 0 Å². The molecule has 2 N–H and O–H groups in total. The van der Waals surface area contributed by atoms with Gasteiger partial charge in [-0.05, 0) is 18.6 Å². The van der Waals surface area contributed by atoms with Crippen LogP contribution in [-0.4, -0.2) is 24.4 Å². The Hall–Kier alpha value is -1.66. The quantitative estimate of drug-likeness (QED) is 0.911. The average molecular weight is 279 g/mol. The molecule has 1 aromatic heterocycles. The highest BCUT2D eigenvalue weighted by Crippen LogP contribution is 2.32. The topological polar surface area (TPSA) is 70.3 Å². The van der Waals surface area contributed by atoms with Gasteiger partial charge in [0.25, 0.3) is 0 Å². The van der Waals surface area contributed by atoms with E-state index in [9.17, 15) is 0 Å². The van der Waals surface area contributed by atoms with Crippen LogP contribution in [0.3, 0.4) is 0 Å². The number of nitrogens with two attached hydrogens (primary N) is 1. The van der Waals surface area contributed by atoms with Crippen molar-refractivity contribution in [3.05, 3.63) is 23.2 Å². The molecule has 0 amide bonds. The smallest absolute Gasteiger partial charge is 0.148 e. The Balaban J connectivity index is 2.37. The minimum absolute atomic E-state index is 0.0567. The Morgan fingerprint density at radius 2 is 1.79 bits per heavy atom. The lowest BCUT2D eigenvalue weighted by molar-refractivity contribution is 0.394. The molecule has 0 aliphatic rings. The Kier molecular flexibility index (Phi) is 4.34. The van der Waals surface area contributed by atoms with Crippen molar-refractivity contribution >= 4 is 11.3 Å². The van der Waals surface area contributed by atoms with Crippen LogP contribution in [0, 0.1) is 0 Å². The van der Waals surface area contributed by atoms with Gasteiger partial charge >= 0.3 is 0 Å². The van der Waals surface area contributed by atoms with Gasteiger partial charge in [0.05, 0.1) is 20.3 Å². The summed E-state index contributed by atoms with van der Waals surface area (Å²) in [6, 6.07) is 5.58. The average Bonchev–Trinajstić information content (AvgIpc) is 2.95. The third kappa shape index (κ3) is 3.02. The number of rotatable bonds is 5. The maximum absolute atomic E-state index is 5.96. The molecule has 5 nitrogen and oxygen atoms in total. The molecule has 0 saturated carbocycles. The molecule has 0 radical (unpaired) electrons. The molecule has 0 fully saturated rings. The molecule has 0 bridgehead atoms. The molecule has 0 spiro atoms. The van der Waals surface area contributed by atoms with E-state index in [1.165, 1.54) is 11.3 Å². The largest absolute Gasteiger partial charge is 0.497 e. The number of hydrogen-bond donors (Lipinski definition) is 1. The SMILES string of the molecule is CCC(N)c1nnc(-c2cc(OC)cc(OC)c2)s1. The summed E-state index contributed by atoms with van der Waals surface area (Å²) in [5.41, 5.74) is 6.88. The Morgan fingerprint density at radius 3 is 2.32 bits per heavy atom. The third-order valence-corrected chi connectivity index (χ3v) is 3.90. The van der Waals surface area contributed by atoms with Crippen molar-refractivity contribution in [3.8, 4) is 22.1 Å². The Labute approximate surface area is 116 Å². The normalized spacial score (nSPS) is 12.2. The van der Waals surface area contributed by atoms with Gasteiger partial charge < -0.3 is 15.2 Å². The molecule has 2 rings (SSSR count). The van der Waals surface area contributed by atoms with Crippen LogP contribution >= 0.6 is 11.3 Å². The minimum Gasteiger partial charge on any atom is -0.497 e. The first-order chi connectivity index (χ1) is 9.17. The van der Waals surface area contributed by atoms with Crippen molar-refractivity contribution in [2.45, 2.75) is 19.4 Å². The van der Waals surface area contributed by atoms with E-state index in [1.54, 1.807) is 14.2 Å². The van der Waals surface area contributed by atoms with Gasteiger partial charge in [0.15, 0.2) is 0 Å². The molecular weight excluding hydrogens is 262 g/mol. The lowest BCUT2D eigenvalue weighted by Crippen LogP contribution is -2.07. The maximum Gasteiger partial charge on any atom is 0.148 e. The van der Waals surface area contributed by atoms with Gasteiger partial charge in [0.2, 0.25) is 0 Å². The van der Waals surface area contributed by atoms with Crippen molar-refractivity contribution in [2.24, 2.45) is 5.73 Å². The summed E-state index contributed by atoms with van der Waals surface area (Å²) in [7, 11) is 3.24. The monoisotopic (exact) mass is 279 g/mol. The molecule has 6 heteroatoms. The van der Waals surface area contributed by atoms with Gasteiger partial charge in [-0.2, -0.15) is 0 Å². The van der Waals surface area contributed by atoms with Crippen LogP contribution in [-0.2, 0) is 0 Å². The lowest BCUT2D eigenvalue weighted by Gasteiger charge is -2.06. The molecule has 102 valence electrons. The summed E-state index contributed by atoms with van der Waals surface area (Å²) in [6.07, 6.45) is 0.843. The second kappa shape index (κ2) is 5.99. The van der Waals surface area contributed by atoms with Crippen LogP contribution in [0.2, 0.25) is 0 Å². The number of nitrogens with zero attached hydrogens (tertiary/aromatic N) is 2. The summed E-state index contributed by atoms with van der Waals surface area (Å²) >= 11 is 1.50. The highest BCUT2D eigenvalue weighted by atomic mass is 32.1. The summed E-state index contributed by atoms with van der Waals surface area (Å²) < 4.78 is 10.5. The summed E-state index contributed by atoms with van der Waals surface area (Å²) in [4.78, 5) is 0. The van der Waals surface area contributed by atoms with Crippen LogP contribution in [0.4, 0.5) is 0 Å². The van der Waals surface area contributed by atoms with Gasteiger partial charge in [-0.25, -0.2) is 0 Å². The molecule has 0 aliphatic carbocycles. The molecule has 1 aromatic carbocycles. The number of methoxy groups -OCH3 is 2. The van der Waals surface area contributed by atoms with E-state index in [2.05, 4.69) is 10.2 Å². The highest BCUT2D eigenvalue weighted by molar-refractivity contribution is 7.14. The summed E-state index contributed by atoms with van der Waals surface area (Å²) in [5, 5.41) is 9.98. The predicted octanol–water partition coefficient (Wildman–Crippen LogP) is 2.63. The first kappa shape index (κ1) is 13.8. The van der Waals surface area contributed by atoms with Gasteiger partial charge in [-0.1, -0.05) is 18.3 Å². The van der Waals surface area contributed by atoms with Crippen LogP contribution in [0.15, 0.2) is 18.2 Å². The molecule has 0 saturated heterocycles. The van der Waals surface area contributed by atoms with Crippen LogP contribution < -0.4 is 15.2 Å². The first-order valence-electron chi connectivity index (χ1n) is 6.00. The second-order valence-electron chi connectivity index (χ2n) is 4.06. The van der Waals surface area contributed by atoms with E-state index in [0.29, 0.717) is 0 Å². The Bertz CT molecular complexity index is 534. The van der Waals surface area contributed by atoms with E-state index in [-0.39, 0.29) is 6.04 Å². The van der Waals surface area contributed by atoms with E-state index >= 15 is 0 Å². The number of ether oxygens (including phenoxy) is 2. The van der Waals surface area contributed by atoms with Crippen molar-refractivity contribution in [3.63, 3.8) is 0 Å². The van der Waals surface area contributed by atoms with E-state index < -0.39 is 0 Å². The van der Waals surface area contributed by atoms with Gasteiger partial charge in [0.1, 0.15) is 21.5 Å². The zero-order chi connectivity index (χ0) is 13.8. The minimum atomic E-state index is -0.0567. The standard InChI is InChI=1S/C13H17N3O2S/c1-4-11(14)13-16-15-12(19-13)8-5-9(17-2)7-10(6-8)18-3/h5-7,11H,4,14H2,1-3H3. The fourth-order valence-corrected chi connectivity index (χ4v) is 2.52. The highest BCUT2D eigenvalue weighted by Gasteiger charge is 2.13. The molecule has 1 unspecified atom stereocenters. The summed E-state index contributed by atoms with van der Waals surface area (Å²) in [5.74, 6) is 1.46. The van der Waals surface area contributed by atoms with Crippen LogP contribution in [0.1, 0.15) is 24.4 Å². The zero-order valence-corrected chi connectivity index (χ0v) is 12.0. The first-order valence-corrected chi connectivity index (χ1v) is 6.82. The van der Waals surface area contributed by atoms with Crippen LogP contribution in [0.25, 0.3) is 10.6 Å². The number of aromatic nitrogens is 2. The van der Waals surface area contributed by atoms with Crippen molar-refractivity contribution in [1.29, 1.82) is 0 Å². The van der Waals surface area contributed by atoms with Gasteiger partial charge in [-0.15, -0.1) is 10.2 Å². The molecule has 19 heavy (non-hydrogen) atoms. The summed E-state index contributed by atoms with van der Waals surface area (Å²) in [6.45, 7) is 2.03. The molecule has 2 aromatic rings. The zero-order valence-electron chi connectivity index (χ0n) is 11.2. The molecule has 0 aliphatic heterocycles. The second-order valence-corrected chi connectivity index (χ2v) is 5.07. The fourth-order valence-electron chi connectivity index (χ4n) is 1.61. The van der Waals surface area contributed by atoms with Crippen LogP contribution in [0.5, 0.6) is 11.5 Å². The van der Waals surface area contributed by atoms with E-state index in [4.69, 9.17) is 15.2 Å². The number of hydrogen-bond acceptors (Lipinski definition) is 6. The third-order valence-electron chi connectivity index (χ3n) is 2.80. The molecule has 1 heterocycles. The van der Waals surface area contributed by atoms with Gasteiger partial charge in [0, 0.05) is 11.6 Å². The predicted molar refractivity (Wildman–Crippen MR) is 75.7 cm³/mol. The number of benzene rings is 1. The lowest BCUT2D eigenvalue weighted by atomic mass is 10.2. The van der Waals surface area contributed by atoms with Crippen molar-refractivity contribution in [2.75, 3.05) is 14.2 Å². The molecular formula is C13H17N3O2S.